The van der Waals surface area contributed by atoms with Gasteiger partial charge in [0.2, 0.25) is 10.0 Å². The standard InChI is InChI=1S/C21H26N4O4S/c1-14(2)11-20(21(26)27)24(4)30(28,29)17-7-5-16(6-8-17)13-25-15(3)23-18-12-22-10-9-19(18)25/h5-10,12,14,20H,11,13H2,1-4H3,(H,26,27)/t20-/m0/s1. The number of pyridine rings is 1. The van der Waals surface area contributed by atoms with Crippen molar-refractivity contribution in [3.8, 4) is 0 Å². The van der Waals surface area contributed by atoms with Crippen molar-refractivity contribution in [3.63, 3.8) is 0 Å². The van der Waals surface area contributed by atoms with Crippen LogP contribution >= 0.6 is 0 Å². The zero-order chi connectivity index (χ0) is 22.1. The number of aryl methyl sites for hydroxylation is 1. The van der Waals surface area contributed by atoms with Crippen LogP contribution in [0.3, 0.4) is 0 Å². The van der Waals surface area contributed by atoms with E-state index in [9.17, 15) is 18.3 Å². The molecule has 2 aromatic heterocycles. The Morgan fingerprint density at radius 2 is 1.87 bits per heavy atom. The van der Waals surface area contributed by atoms with Gasteiger partial charge >= 0.3 is 5.97 Å². The van der Waals surface area contributed by atoms with Gasteiger partial charge in [-0.1, -0.05) is 26.0 Å². The predicted molar refractivity (Wildman–Crippen MR) is 114 cm³/mol. The molecule has 2 heterocycles. The first kappa shape index (κ1) is 21.9. The summed E-state index contributed by atoms with van der Waals surface area (Å²) in [5, 5.41) is 9.48. The average Bonchev–Trinajstić information content (AvgIpc) is 3.01. The quantitative estimate of drug-likeness (QED) is 0.589. The number of carboxylic acid groups (broad SMARTS) is 1. The van der Waals surface area contributed by atoms with E-state index in [2.05, 4.69) is 9.97 Å². The topological polar surface area (TPSA) is 105 Å². The van der Waals surface area contributed by atoms with Gasteiger partial charge in [0.1, 0.15) is 17.4 Å². The van der Waals surface area contributed by atoms with Crippen LogP contribution in [-0.2, 0) is 21.4 Å². The van der Waals surface area contributed by atoms with E-state index in [0.717, 1.165) is 26.7 Å². The van der Waals surface area contributed by atoms with Crippen molar-refractivity contribution in [3.05, 3.63) is 54.1 Å². The summed E-state index contributed by atoms with van der Waals surface area (Å²) in [5.41, 5.74) is 2.67. The number of rotatable bonds is 8. The smallest absolute Gasteiger partial charge is 0.322 e. The Kier molecular flexibility index (Phi) is 6.23. The fourth-order valence-corrected chi connectivity index (χ4v) is 4.76. The van der Waals surface area contributed by atoms with E-state index in [-0.39, 0.29) is 17.2 Å². The monoisotopic (exact) mass is 430 g/mol. The fraction of sp³-hybridized carbons (Fsp3) is 0.381. The van der Waals surface area contributed by atoms with Gasteiger partial charge in [-0.05, 0) is 43.0 Å². The van der Waals surface area contributed by atoms with E-state index in [1.54, 1.807) is 24.5 Å². The molecule has 0 saturated heterocycles. The SMILES string of the molecule is Cc1nc2cnccc2n1Cc1ccc(S(=O)(=O)N(C)[C@@H](CC(C)C)C(=O)O)cc1. The Labute approximate surface area is 176 Å². The number of hydrogen-bond acceptors (Lipinski definition) is 5. The molecule has 8 nitrogen and oxygen atoms in total. The summed E-state index contributed by atoms with van der Waals surface area (Å²) in [5.74, 6) is -0.259. The Balaban J connectivity index is 1.85. The highest BCUT2D eigenvalue weighted by molar-refractivity contribution is 7.89. The number of nitrogens with zero attached hydrogens (tertiary/aromatic N) is 4. The highest BCUT2D eigenvalue weighted by Gasteiger charge is 2.33. The maximum Gasteiger partial charge on any atom is 0.322 e. The first-order valence-corrected chi connectivity index (χ1v) is 11.1. The number of hydrogen-bond donors (Lipinski definition) is 1. The summed E-state index contributed by atoms with van der Waals surface area (Å²) < 4.78 is 28.9. The van der Waals surface area contributed by atoms with E-state index in [1.165, 1.54) is 19.2 Å². The molecule has 0 aliphatic heterocycles. The maximum atomic E-state index is 13.0. The summed E-state index contributed by atoms with van der Waals surface area (Å²) in [6.45, 7) is 6.17. The Hall–Kier alpha value is -2.78. The molecule has 0 radical (unpaired) electrons. The van der Waals surface area contributed by atoms with Crippen molar-refractivity contribution in [1.29, 1.82) is 0 Å². The summed E-state index contributed by atoms with van der Waals surface area (Å²) in [6, 6.07) is 7.31. The molecule has 0 unspecified atom stereocenters. The molecule has 0 spiro atoms. The summed E-state index contributed by atoms with van der Waals surface area (Å²) in [7, 11) is -2.61. The maximum absolute atomic E-state index is 13.0. The minimum atomic E-state index is -3.93. The Morgan fingerprint density at radius 1 is 1.20 bits per heavy atom. The van der Waals surface area contributed by atoms with Gasteiger partial charge in [0.25, 0.3) is 0 Å². The second-order valence-corrected chi connectivity index (χ2v) is 9.76. The lowest BCUT2D eigenvalue weighted by molar-refractivity contribution is -0.141. The third-order valence-electron chi connectivity index (χ3n) is 5.10. The van der Waals surface area contributed by atoms with Crippen LogP contribution in [0.1, 0.15) is 31.7 Å². The number of likely N-dealkylation sites (N-methyl/N-ethyl adjacent to an activating group) is 1. The second kappa shape index (κ2) is 8.53. The third-order valence-corrected chi connectivity index (χ3v) is 6.98. The van der Waals surface area contributed by atoms with Gasteiger partial charge in [-0.25, -0.2) is 13.4 Å². The van der Waals surface area contributed by atoms with Gasteiger partial charge < -0.3 is 9.67 Å². The van der Waals surface area contributed by atoms with Crippen LogP contribution in [0.25, 0.3) is 11.0 Å². The van der Waals surface area contributed by atoms with Gasteiger partial charge in [-0.3, -0.25) is 9.78 Å². The normalized spacial score (nSPS) is 13.3. The molecular formula is C21H26N4O4S. The highest BCUT2D eigenvalue weighted by Crippen LogP contribution is 2.22. The first-order valence-electron chi connectivity index (χ1n) is 9.68. The average molecular weight is 431 g/mol. The van der Waals surface area contributed by atoms with Crippen molar-refractivity contribution in [2.24, 2.45) is 5.92 Å². The molecule has 0 fully saturated rings. The van der Waals surface area contributed by atoms with Gasteiger partial charge in [0.05, 0.1) is 16.6 Å². The van der Waals surface area contributed by atoms with Gasteiger partial charge in [-0.2, -0.15) is 4.31 Å². The molecule has 160 valence electrons. The van der Waals surface area contributed by atoms with Crippen molar-refractivity contribution in [2.45, 2.75) is 44.7 Å². The van der Waals surface area contributed by atoms with Crippen LogP contribution in [0.2, 0.25) is 0 Å². The summed E-state index contributed by atoms with van der Waals surface area (Å²) in [4.78, 5) is 20.3. The number of carboxylic acids is 1. The second-order valence-electron chi connectivity index (χ2n) is 7.76. The lowest BCUT2D eigenvalue weighted by Gasteiger charge is -2.25. The Morgan fingerprint density at radius 3 is 2.47 bits per heavy atom. The van der Waals surface area contributed by atoms with Gasteiger partial charge in [-0.15, -0.1) is 0 Å². The Bertz CT molecular complexity index is 1150. The number of carbonyl (C=O) groups is 1. The number of benzene rings is 1. The zero-order valence-corrected chi connectivity index (χ0v) is 18.3. The molecule has 1 N–H and O–H groups in total. The fourth-order valence-electron chi connectivity index (χ4n) is 3.44. The molecule has 3 rings (SSSR count). The number of sulfonamides is 1. The van der Waals surface area contributed by atoms with Crippen LogP contribution in [0, 0.1) is 12.8 Å². The molecule has 1 atom stereocenters. The van der Waals surface area contributed by atoms with Crippen LogP contribution in [-0.4, -0.2) is 51.4 Å². The highest BCUT2D eigenvalue weighted by atomic mass is 32.2. The van der Waals surface area contributed by atoms with E-state index < -0.39 is 22.0 Å². The van der Waals surface area contributed by atoms with Crippen LogP contribution in [0.5, 0.6) is 0 Å². The van der Waals surface area contributed by atoms with E-state index in [4.69, 9.17) is 0 Å². The molecule has 0 bridgehead atoms. The minimum Gasteiger partial charge on any atom is -0.480 e. The molecule has 1 aromatic carbocycles. The van der Waals surface area contributed by atoms with Crippen molar-refractivity contribution in [2.75, 3.05) is 7.05 Å². The number of aromatic nitrogens is 3. The summed E-state index contributed by atoms with van der Waals surface area (Å²) >= 11 is 0. The lowest BCUT2D eigenvalue weighted by atomic mass is 10.0. The first-order chi connectivity index (χ1) is 14.1. The largest absolute Gasteiger partial charge is 0.480 e. The molecule has 0 saturated carbocycles. The van der Waals surface area contributed by atoms with Crippen molar-refractivity contribution >= 4 is 27.0 Å². The van der Waals surface area contributed by atoms with Crippen LogP contribution in [0.4, 0.5) is 0 Å². The predicted octanol–water partition coefficient (Wildman–Crippen LogP) is 2.91. The number of aliphatic carboxylic acids is 1. The molecule has 30 heavy (non-hydrogen) atoms. The molecule has 3 aromatic rings. The van der Waals surface area contributed by atoms with E-state index >= 15 is 0 Å². The molecular weight excluding hydrogens is 404 g/mol. The van der Waals surface area contributed by atoms with Gasteiger partial charge in [0.15, 0.2) is 0 Å². The zero-order valence-electron chi connectivity index (χ0n) is 17.5. The van der Waals surface area contributed by atoms with Crippen molar-refractivity contribution in [1.82, 2.24) is 18.8 Å². The van der Waals surface area contributed by atoms with E-state index in [0.29, 0.717) is 6.54 Å². The van der Waals surface area contributed by atoms with E-state index in [1.807, 2.05) is 31.4 Å². The third kappa shape index (κ3) is 4.36. The molecule has 0 aliphatic carbocycles. The number of fused-ring (bicyclic) bond motifs is 1. The lowest BCUT2D eigenvalue weighted by Crippen LogP contribution is -2.43. The minimum absolute atomic E-state index is 0.0505. The summed E-state index contributed by atoms with van der Waals surface area (Å²) in [6.07, 6.45) is 3.66. The molecule has 0 amide bonds. The molecule has 9 heteroatoms. The van der Waals surface area contributed by atoms with Crippen LogP contribution < -0.4 is 0 Å². The van der Waals surface area contributed by atoms with Crippen molar-refractivity contribution < 1.29 is 18.3 Å². The molecule has 0 aliphatic rings. The van der Waals surface area contributed by atoms with Gasteiger partial charge in [0, 0.05) is 19.8 Å². The van der Waals surface area contributed by atoms with Crippen LogP contribution in [0.15, 0.2) is 47.6 Å². The number of imidazole rings is 1.